The van der Waals surface area contributed by atoms with Gasteiger partial charge in [-0.3, -0.25) is 9.20 Å². The maximum atomic E-state index is 12.7. The number of amides is 1. The van der Waals surface area contributed by atoms with Gasteiger partial charge in [0.05, 0.1) is 10.1 Å². The molecule has 1 aliphatic rings. The number of anilines is 1. The Morgan fingerprint density at radius 2 is 1.81 bits per heavy atom. The number of aryl methyl sites for hydroxylation is 2. The second kappa shape index (κ2) is 8.56. The average molecular weight is 461 g/mol. The minimum absolute atomic E-state index is 0.213. The zero-order valence-electron chi connectivity index (χ0n) is 17.6. The van der Waals surface area contributed by atoms with Gasteiger partial charge < -0.3 is 5.32 Å². The number of nitrogens with zero attached hydrogens (tertiary/aromatic N) is 5. The first-order chi connectivity index (χ1) is 14.8. The van der Waals surface area contributed by atoms with Gasteiger partial charge in [-0.15, -0.1) is 10.2 Å². The molecule has 1 atom stereocenters. The van der Waals surface area contributed by atoms with Crippen molar-refractivity contribution >= 4 is 39.2 Å². The van der Waals surface area contributed by atoms with Crippen LogP contribution in [0.2, 0.25) is 0 Å². The van der Waals surface area contributed by atoms with Crippen molar-refractivity contribution in [2.75, 3.05) is 18.4 Å². The number of benzene rings is 1. The molecule has 3 aromatic rings. The fourth-order valence-corrected chi connectivity index (χ4v) is 5.94. The summed E-state index contributed by atoms with van der Waals surface area (Å²) in [6, 6.07) is 8.22. The SMILES string of the molecule is Cc1cc(C)n2c(SC(C)C(=O)Nc3ccc(S(=O)(=O)N4CCCC4)cc3)nnc2n1. The molecule has 0 radical (unpaired) electrons. The van der Waals surface area contributed by atoms with Crippen LogP contribution in [0.5, 0.6) is 0 Å². The van der Waals surface area contributed by atoms with E-state index in [2.05, 4.69) is 20.5 Å². The molecule has 11 heteroatoms. The van der Waals surface area contributed by atoms with Gasteiger partial charge in [0.15, 0.2) is 5.16 Å². The van der Waals surface area contributed by atoms with E-state index in [-0.39, 0.29) is 10.8 Å². The maximum absolute atomic E-state index is 12.7. The van der Waals surface area contributed by atoms with Gasteiger partial charge in [0, 0.05) is 30.2 Å². The van der Waals surface area contributed by atoms with E-state index in [9.17, 15) is 13.2 Å². The van der Waals surface area contributed by atoms with Gasteiger partial charge in [-0.1, -0.05) is 11.8 Å². The standard InChI is InChI=1S/C20H24N6O3S2/c1-13-12-14(2)26-19(21-13)23-24-20(26)30-15(3)18(27)22-16-6-8-17(9-7-16)31(28,29)25-10-4-5-11-25/h6-9,12,15H,4-5,10-11H2,1-3H3,(H,22,27). The Balaban J connectivity index is 1.43. The molecular weight excluding hydrogens is 436 g/mol. The minimum atomic E-state index is -3.47. The summed E-state index contributed by atoms with van der Waals surface area (Å²) in [5.41, 5.74) is 2.34. The van der Waals surface area contributed by atoms with E-state index in [1.54, 1.807) is 19.1 Å². The summed E-state index contributed by atoms with van der Waals surface area (Å²) in [5, 5.41) is 11.2. The third-order valence-corrected chi connectivity index (χ3v) is 8.09. The highest BCUT2D eigenvalue weighted by Crippen LogP contribution is 2.25. The fraction of sp³-hybridized carbons (Fsp3) is 0.400. The largest absolute Gasteiger partial charge is 0.325 e. The first-order valence-corrected chi connectivity index (χ1v) is 12.3. The Hall–Kier alpha value is -2.50. The van der Waals surface area contributed by atoms with E-state index in [0.717, 1.165) is 24.2 Å². The van der Waals surface area contributed by atoms with Crippen molar-refractivity contribution < 1.29 is 13.2 Å². The summed E-state index contributed by atoms with van der Waals surface area (Å²) in [4.78, 5) is 17.3. The zero-order valence-corrected chi connectivity index (χ0v) is 19.2. The Bertz CT molecular complexity index is 1220. The number of fused-ring (bicyclic) bond motifs is 1. The van der Waals surface area contributed by atoms with Gasteiger partial charge in [-0.25, -0.2) is 13.4 Å². The monoisotopic (exact) mass is 460 g/mol. The van der Waals surface area contributed by atoms with Crippen molar-refractivity contribution in [1.29, 1.82) is 0 Å². The molecule has 0 aliphatic carbocycles. The predicted octanol–water partition coefficient (Wildman–Crippen LogP) is 2.64. The molecule has 1 fully saturated rings. The van der Waals surface area contributed by atoms with Crippen LogP contribution in [0, 0.1) is 13.8 Å². The number of nitrogens with one attached hydrogen (secondary N) is 1. The summed E-state index contributed by atoms with van der Waals surface area (Å²) in [6.07, 6.45) is 1.78. The lowest BCUT2D eigenvalue weighted by Gasteiger charge is -2.16. The van der Waals surface area contributed by atoms with E-state index in [1.807, 2.05) is 24.3 Å². The molecule has 1 aromatic carbocycles. The zero-order chi connectivity index (χ0) is 22.2. The van der Waals surface area contributed by atoms with E-state index in [4.69, 9.17) is 0 Å². The molecule has 3 heterocycles. The lowest BCUT2D eigenvalue weighted by molar-refractivity contribution is -0.115. The van der Waals surface area contributed by atoms with Crippen molar-refractivity contribution in [1.82, 2.24) is 23.9 Å². The summed E-state index contributed by atoms with van der Waals surface area (Å²) in [6.45, 7) is 6.73. The predicted molar refractivity (Wildman–Crippen MR) is 119 cm³/mol. The molecule has 4 rings (SSSR count). The number of thioether (sulfide) groups is 1. The molecule has 31 heavy (non-hydrogen) atoms. The lowest BCUT2D eigenvalue weighted by Crippen LogP contribution is -2.27. The van der Waals surface area contributed by atoms with E-state index in [0.29, 0.717) is 29.7 Å². The van der Waals surface area contributed by atoms with Crippen LogP contribution in [-0.2, 0) is 14.8 Å². The van der Waals surface area contributed by atoms with Crippen molar-refractivity contribution in [3.63, 3.8) is 0 Å². The average Bonchev–Trinajstić information content (AvgIpc) is 3.39. The Morgan fingerprint density at radius 3 is 2.48 bits per heavy atom. The van der Waals surface area contributed by atoms with Gasteiger partial charge in [0.2, 0.25) is 15.9 Å². The summed E-state index contributed by atoms with van der Waals surface area (Å²) < 4.78 is 28.6. The van der Waals surface area contributed by atoms with E-state index < -0.39 is 15.3 Å². The summed E-state index contributed by atoms with van der Waals surface area (Å²) >= 11 is 1.29. The van der Waals surface area contributed by atoms with Crippen LogP contribution in [0.25, 0.3) is 5.78 Å². The molecule has 0 bridgehead atoms. The van der Waals surface area contributed by atoms with Gasteiger partial charge in [-0.2, -0.15) is 4.31 Å². The van der Waals surface area contributed by atoms with E-state index in [1.165, 1.54) is 28.2 Å². The third-order valence-electron chi connectivity index (χ3n) is 5.14. The Morgan fingerprint density at radius 1 is 1.13 bits per heavy atom. The highest BCUT2D eigenvalue weighted by atomic mass is 32.2. The molecule has 9 nitrogen and oxygen atoms in total. The van der Waals surface area contributed by atoms with Crippen LogP contribution in [0.1, 0.15) is 31.2 Å². The molecule has 1 aliphatic heterocycles. The molecule has 2 aromatic heterocycles. The topological polar surface area (TPSA) is 110 Å². The van der Waals surface area contributed by atoms with Gasteiger partial charge in [-0.05, 0) is 63.9 Å². The fourth-order valence-electron chi connectivity index (χ4n) is 3.52. The molecule has 1 unspecified atom stereocenters. The number of carbonyl (C=O) groups is 1. The van der Waals surface area contributed by atoms with Gasteiger partial charge in [0.25, 0.3) is 5.78 Å². The van der Waals surface area contributed by atoms with Crippen LogP contribution >= 0.6 is 11.8 Å². The van der Waals surface area contributed by atoms with Crippen molar-refractivity contribution in [2.24, 2.45) is 0 Å². The normalized spacial score (nSPS) is 16.0. The summed E-state index contributed by atoms with van der Waals surface area (Å²) in [7, 11) is -3.47. The number of sulfonamides is 1. The second-order valence-corrected chi connectivity index (χ2v) is 10.8. The molecule has 0 saturated carbocycles. The molecule has 1 saturated heterocycles. The number of hydrogen-bond donors (Lipinski definition) is 1. The maximum Gasteiger partial charge on any atom is 0.256 e. The van der Waals surface area contributed by atoms with Gasteiger partial charge in [0.1, 0.15) is 0 Å². The van der Waals surface area contributed by atoms with Crippen LogP contribution in [-0.4, -0.2) is 56.6 Å². The second-order valence-electron chi connectivity index (χ2n) is 7.54. The van der Waals surface area contributed by atoms with Crippen molar-refractivity contribution in [3.8, 4) is 0 Å². The van der Waals surface area contributed by atoms with Crippen molar-refractivity contribution in [2.45, 2.75) is 48.9 Å². The Labute approximate surface area is 185 Å². The van der Waals surface area contributed by atoms with Crippen LogP contribution in [0.3, 0.4) is 0 Å². The molecular formula is C20H24N6O3S2. The van der Waals surface area contributed by atoms with E-state index >= 15 is 0 Å². The molecule has 1 amide bonds. The van der Waals surface area contributed by atoms with Gasteiger partial charge >= 0.3 is 0 Å². The van der Waals surface area contributed by atoms with Crippen molar-refractivity contribution in [3.05, 3.63) is 41.7 Å². The quantitative estimate of drug-likeness (QED) is 0.563. The number of aromatic nitrogens is 4. The smallest absolute Gasteiger partial charge is 0.256 e. The first-order valence-electron chi connectivity index (χ1n) is 10.0. The number of hydrogen-bond acceptors (Lipinski definition) is 7. The third kappa shape index (κ3) is 4.43. The first kappa shape index (κ1) is 21.7. The Kier molecular flexibility index (Phi) is 6.00. The molecule has 164 valence electrons. The lowest BCUT2D eigenvalue weighted by atomic mass is 10.3. The van der Waals surface area contributed by atoms with Crippen LogP contribution in [0.15, 0.2) is 40.4 Å². The minimum Gasteiger partial charge on any atom is -0.325 e. The highest BCUT2D eigenvalue weighted by Gasteiger charge is 2.27. The highest BCUT2D eigenvalue weighted by molar-refractivity contribution is 8.00. The molecule has 0 spiro atoms. The summed E-state index contributed by atoms with van der Waals surface area (Å²) in [5.74, 6) is 0.289. The molecule has 1 N–H and O–H groups in total. The van der Waals surface area contributed by atoms with Crippen LogP contribution < -0.4 is 5.32 Å². The number of rotatable bonds is 6. The number of carbonyl (C=O) groups excluding carboxylic acids is 1. The van der Waals surface area contributed by atoms with Crippen LogP contribution in [0.4, 0.5) is 5.69 Å².